The molecule has 0 spiro atoms. The summed E-state index contributed by atoms with van der Waals surface area (Å²) in [6.45, 7) is 3.32. The minimum atomic E-state index is -0.209. The third-order valence-corrected chi connectivity index (χ3v) is 4.68. The molecule has 2 aromatic rings. The number of urea groups is 1. The zero-order valence-electron chi connectivity index (χ0n) is 14.1. The maximum atomic E-state index is 12.1. The molecule has 1 aromatic carbocycles. The van der Waals surface area contributed by atoms with E-state index in [1.54, 1.807) is 12.4 Å². The first-order chi connectivity index (χ1) is 11.7. The molecule has 5 heteroatoms. The van der Waals surface area contributed by atoms with Gasteiger partial charge in [-0.05, 0) is 30.9 Å². The van der Waals surface area contributed by atoms with Crippen LogP contribution in [-0.4, -0.2) is 30.3 Å². The van der Waals surface area contributed by atoms with Crippen LogP contribution in [0.4, 0.5) is 10.5 Å². The summed E-state index contributed by atoms with van der Waals surface area (Å²) in [5.74, 6) is 0.622. The van der Waals surface area contributed by atoms with Gasteiger partial charge in [-0.15, -0.1) is 0 Å². The van der Waals surface area contributed by atoms with Gasteiger partial charge in [0, 0.05) is 29.7 Å². The molecule has 0 aliphatic heterocycles. The van der Waals surface area contributed by atoms with Gasteiger partial charge in [0.05, 0.1) is 18.4 Å². The maximum absolute atomic E-state index is 12.1. The Morgan fingerprint density at radius 3 is 3.04 bits per heavy atom. The molecule has 0 unspecified atom stereocenters. The van der Waals surface area contributed by atoms with E-state index in [1.807, 2.05) is 24.3 Å². The molecular formula is C19H25N3O2. The lowest BCUT2D eigenvalue weighted by atomic mass is 9.88. The van der Waals surface area contributed by atoms with E-state index in [1.165, 1.54) is 19.3 Å². The molecule has 3 rings (SSSR count). The molecule has 2 atom stereocenters. The van der Waals surface area contributed by atoms with Crippen molar-refractivity contribution in [1.29, 1.82) is 0 Å². The Balaban J connectivity index is 1.45. The highest BCUT2D eigenvalue weighted by molar-refractivity contribution is 6.01. The Morgan fingerprint density at radius 1 is 1.29 bits per heavy atom. The van der Waals surface area contributed by atoms with Crippen LogP contribution in [0, 0.1) is 5.92 Å². The largest absolute Gasteiger partial charge is 0.376 e. The lowest BCUT2D eigenvalue weighted by Gasteiger charge is -2.28. The summed E-state index contributed by atoms with van der Waals surface area (Å²) in [4.78, 5) is 16.2. The van der Waals surface area contributed by atoms with Crippen LogP contribution in [-0.2, 0) is 4.74 Å². The van der Waals surface area contributed by atoms with Gasteiger partial charge in [0.15, 0.2) is 0 Å². The average molecular weight is 327 g/mol. The SMILES string of the molecule is C[C@@H]1CCCC[C@H]1OCCNC(=O)Nc1cccc2cnccc12. The van der Waals surface area contributed by atoms with Crippen LogP contribution < -0.4 is 10.6 Å². The minimum Gasteiger partial charge on any atom is -0.376 e. The van der Waals surface area contributed by atoms with Crippen molar-refractivity contribution in [2.24, 2.45) is 5.92 Å². The monoisotopic (exact) mass is 327 g/mol. The van der Waals surface area contributed by atoms with Gasteiger partial charge in [0.1, 0.15) is 0 Å². The number of carbonyl (C=O) groups is 1. The van der Waals surface area contributed by atoms with Gasteiger partial charge in [0.25, 0.3) is 0 Å². The van der Waals surface area contributed by atoms with Gasteiger partial charge in [-0.3, -0.25) is 4.98 Å². The van der Waals surface area contributed by atoms with Crippen molar-refractivity contribution >= 4 is 22.5 Å². The Kier molecular flexibility index (Phi) is 5.64. The number of rotatable bonds is 5. The molecule has 1 aliphatic rings. The second-order valence-electron chi connectivity index (χ2n) is 6.45. The fourth-order valence-corrected chi connectivity index (χ4v) is 3.30. The summed E-state index contributed by atoms with van der Waals surface area (Å²) in [7, 11) is 0. The van der Waals surface area contributed by atoms with Crippen molar-refractivity contribution in [3.05, 3.63) is 36.7 Å². The van der Waals surface area contributed by atoms with Crippen molar-refractivity contribution in [1.82, 2.24) is 10.3 Å². The third kappa shape index (κ3) is 4.23. The first kappa shape index (κ1) is 16.7. The van der Waals surface area contributed by atoms with Crippen LogP contribution in [0.1, 0.15) is 32.6 Å². The van der Waals surface area contributed by atoms with Crippen LogP contribution in [0.2, 0.25) is 0 Å². The van der Waals surface area contributed by atoms with Crippen LogP contribution in [0.5, 0.6) is 0 Å². The third-order valence-electron chi connectivity index (χ3n) is 4.68. The lowest BCUT2D eigenvalue weighted by Crippen LogP contribution is -2.34. The van der Waals surface area contributed by atoms with Crippen molar-refractivity contribution in [2.45, 2.75) is 38.7 Å². The standard InChI is InChI=1S/C19H25N3O2/c1-14-5-2-3-8-18(14)24-12-11-21-19(23)22-17-7-4-6-15-13-20-10-9-16(15)17/h4,6-7,9-10,13-14,18H,2-3,5,8,11-12H2,1H3,(H2,21,22,23)/t14-,18-/m1/s1. The number of anilines is 1. The fraction of sp³-hybridized carbons (Fsp3) is 0.474. The summed E-state index contributed by atoms with van der Waals surface area (Å²) in [6.07, 6.45) is 8.80. The predicted octanol–water partition coefficient (Wildman–Crippen LogP) is 3.95. The van der Waals surface area contributed by atoms with E-state index in [0.717, 1.165) is 22.9 Å². The normalized spacial score (nSPS) is 20.7. The highest BCUT2D eigenvalue weighted by atomic mass is 16.5. The van der Waals surface area contributed by atoms with E-state index in [9.17, 15) is 4.79 Å². The highest BCUT2D eigenvalue weighted by Gasteiger charge is 2.21. The predicted molar refractivity (Wildman–Crippen MR) is 96.1 cm³/mol. The first-order valence-electron chi connectivity index (χ1n) is 8.73. The number of ether oxygens (including phenoxy) is 1. The molecular weight excluding hydrogens is 302 g/mol. The van der Waals surface area contributed by atoms with E-state index in [0.29, 0.717) is 25.2 Å². The number of carbonyl (C=O) groups excluding carboxylic acids is 1. The number of hydrogen-bond donors (Lipinski definition) is 2. The Hall–Kier alpha value is -2.14. The number of amides is 2. The van der Waals surface area contributed by atoms with E-state index < -0.39 is 0 Å². The second-order valence-corrected chi connectivity index (χ2v) is 6.45. The van der Waals surface area contributed by atoms with Crippen molar-refractivity contribution in [2.75, 3.05) is 18.5 Å². The van der Waals surface area contributed by atoms with Crippen molar-refractivity contribution in [3.63, 3.8) is 0 Å². The molecule has 1 fully saturated rings. The number of benzene rings is 1. The van der Waals surface area contributed by atoms with E-state index in [4.69, 9.17) is 4.74 Å². The Labute approximate surface area is 142 Å². The van der Waals surface area contributed by atoms with Crippen LogP contribution in [0.25, 0.3) is 10.8 Å². The quantitative estimate of drug-likeness (QED) is 0.817. The van der Waals surface area contributed by atoms with Gasteiger partial charge in [-0.2, -0.15) is 0 Å². The van der Waals surface area contributed by atoms with Gasteiger partial charge in [0.2, 0.25) is 0 Å². The fourth-order valence-electron chi connectivity index (χ4n) is 3.30. The molecule has 128 valence electrons. The Bertz CT molecular complexity index is 684. The van der Waals surface area contributed by atoms with E-state index in [-0.39, 0.29) is 6.03 Å². The van der Waals surface area contributed by atoms with Crippen molar-refractivity contribution in [3.8, 4) is 0 Å². The van der Waals surface area contributed by atoms with Gasteiger partial charge >= 0.3 is 6.03 Å². The zero-order valence-corrected chi connectivity index (χ0v) is 14.1. The molecule has 0 saturated heterocycles. The summed E-state index contributed by atoms with van der Waals surface area (Å²) in [5, 5.41) is 7.74. The Morgan fingerprint density at radius 2 is 2.17 bits per heavy atom. The smallest absolute Gasteiger partial charge is 0.319 e. The number of pyridine rings is 1. The second kappa shape index (κ2) is 8.11. The summed E-state index contributed by atoms with van der Waals surface area (Å²) in [5.41, 5.74) is 0.786. The number of aromatic nitrogens is 1. The van der Waals surface area contributed by atoms with Crippen molar-refractivity contribution < 1.29 is 9.53 Å². The summed E-state index contributed by atoms with van der Waals surface area (Å²) in [6, 6.07) is 7.47. The van der Waals surface area contributed by atoms with Gasteiger partial charge in [-0.25, -0.2) is 4.79 Å². The van der Waals surface area contributed by atoms with Gasteiger partial charge < -0.3 is 15.4 Å². The summed E-state index contributed by atoms with van der Waals surface area (Å²) < 4.78 is 5.92. The van der Waals surface area contributed by atoms with Crippen LogP contribution in [0.3, 0.4) is 0 Å². The number of hydrogen-bond acceptors (Lipinski definition) is 3. The molecule has 0 radical (unpaired) electrons. The molecule has 1 saturated carbocycles. The molecule has 1 aliphatic carbocycles. The molecule has 1 heterocycles. The molecule has 24 heavy (non-hydrogen) atoms. The molecule has 1 aromatic heterocycles. The molecule has 2 N–H and O–H groups in total. The average Bonchev–Trinajstić information content (AvgIpc) is 2.60. The number of nitrogens with one attached hydrogen (secondary N) is 2. The first-order valence-corrected chi connectivity index (χ1v) is 8.73. The van der Waals surface area contributed by atoms with E-state index >= 15 is 0 Å². The molecule has 0 bridgehead atoms. The zero-order chi connectivity index (χ0) is 16.8. The van der Waals surface area contributed by atoms with Crippen LogP contribution in [0.15, 0.2) is 36.7 Å². The molecule has 5 nitrogen and oxygen atoms in total. The lowest BCUT2D eigenvalue weighted by molar-refractivity contribution is -0.00232. The van der Waals surface area contributed by atoms with Crippen LogP contribution >= 0.6 is 0 Å². The van der Waals surface area contributed by atoms with Gasteiger partial charge in [-0.1, -0.05) is 31.9 Å². The highest BCUT2D eigenvalue weighted by Crippen LogP contribution is 2.26. The molecule has 2 amide bonds. The number of fused-ring (bicyclic) bond motifs is 1. The maximum Gasteiger partial charge on any atom is 0.319 e. The van der Waals surface area contributed by atoms with E-state index in [2.05, 4.69) is 22.5 Å². The minimum absolute atomic E-state index is 0.209. The topological polar surface area (TPSA) is 63.2 Å². The summed E-state index contributed by atoms with van der Waals surface area (Å²) >= 11 is 0. The number of nitrogens with zero attached hydrogens (tertiary/aromatic N) is 1.